The molecule has 0 heterocycles. The predicted octanol–water partition coefficient (Wildman–Crippen LogP) is 6.89. The fraction of sp³-hybridized carbons (Fsp3) is 0.727. The van der Waals surface area contributed by atoms with Crippen LogP contribution in [0.15, 0.2) is 30.3 Å². The van der Waals surface area contributed by atoms with Gasteiger partial charge in [0.2, 0.25) is 0 Å². The molecule has 3 rings (SSSR count). The molecule has 0 saturated heterocycles. The van der Waals surface area contributed by atoms with E-state index in [2.05, 4.69) is 51.1 Å². The number of rotatable bonds is 2. The van der Waals surface area contributed by atoms with Crippen molar-refractivity contribution in [1.82, 2.24) is 0 Å². The van der Waals surface area contributed by atoms with E-state index in [-0.39, 0.29) is 0 Å². The van der Waals surface area contributed by atoms with Crippen LogP contribution >= 0.6 is 0 Å². The number of hydrogen-bond donors (Lipinski definition) is 0. The minimum atomic E-state index is 0.952. The first-order valence-corrected chi connectivity index (χ1v) is 9.67. The molecule has 2 fully saturated rings. The summed E-state index contributed by atoms with van der Waals surface area (Å²) in [5.74, 6) is 3.97. The van der Waals surface area contributed by atoms with Crippen LogP contribution in [-0.2, 0) is 6.42 Å². The topological polar surface area (TPSA) is 0 Å². The van der Waals surface area contributed by atoms with Crippen molar-refractivity contribution < 1.29 is 0 Å². The highest BCUT2D eigenvalue weighted by Crippen LogP contribution is 2.30. The van der Waals surface area contributed by atoms with Crippen LogP contribution in [0.5, 0.6) is 0 Å². The van der Waals surface area contributed by atoms with Crippen LogP contribution in [0, 0.1) is 23.7 Å². The smallest absolute Gasteiger partial charge is 0.0250 e. The Labute approximate surface area is 138 Å². The molecule has 0 spiro atoms. The third kappa shape index (κ3) is 6.55. The first kappa shape index (κ1) is 17.6. The van der Waals surface area contributed by atoms with Gasteiger partial charge in [-0.2, -0.15) is 0 Å². The lowest BCUT2D eigenvalue weighted by atomic mass is 9.80. The van der Waals surface area contributed by atoms with Crippen molar-refractivity contribution in [2.75, 3.05) is 0 Å². The van der Waals surface area contributed by atoms with Gasteiger partial charge in [-0.05, 0) is 48.5 Å². The average molecular weight is 301 g/mol. The van der Waals surface area contributed by atoms with Gasteiger partial charge in [0.25, 0.3) is 0 Å². The van der Waals surface area contributed by atoms with Crippen molar-refractivity contribution in [1.29, 1.82) is 0 Å². The second-order valence-corrected chi connectivity index (χ2v) is 8.18. The molecule has 0 atom stereocenters. The van der Waals surface area contributed by atoms with Crippen molar-refractivity contribution in [3.63, 3.8) is 0 Å². The quantitative estimate of drug-likeness (QED) is 0.558. The zero-order valence-corrected chi connectivity index (χ0v) is 15.1. The summed E-state index contributed by atoms with van der Waals surface area (Å²) in [6, 6.07) is 10.9. The van der Waals surface area contributed by atoms with Crippen LogP contribution in [0.2, 0.25) is 0 Å². The number of hydrogen-bond acceptors (Lipinski definition) is 0. The second kappa shape index (κ2) is 9.38. The van der Waals surface area contributed by atoms with E-state index in [1.807, 2.05) is 0 Å². The highest BCUT2D eigenvalue weighted by atomic mass is 14.2. The first-order chi connectivity index (χ1) is 10.6. The summed E-state index contributed by atoms with van der Waals surface area (Å²) in [6.07, 6.45) is 13.0. The van der Waals surface area contributed by atoms with Crippen LogP contribution in [0.3, 0.4) is 0 Å². The molecule has 0 heteroatoms. The van der Waals surface area contributed by atoms with Crippen molar-refractivity contribution in [3.8, 4) is 0 Å². The van der Waals surface area contributed by atoms with E-state index in [0.717, 1.165) is 23.7 Å². The van der Waals surface area contributed by atoms with E-state index in [9.17, 15) is 0 Å². The van der Waals surface area contributed by atoms with Crippen LogP contribution in [-0.4, -0.2) is 0 Å². The molecule has 1 aromatic carbocycles. The largest absolute Gasteiger partial charge is 0.0625 e. The molecule has 0 aromatic heterocycles. The van der Waals surface area contributed by atoms with Crippen molar-refractivity contribution in [2.24, 2.45) is 23.7 Å². The van der Waals surface area contributed by atoms with Gasteiger partial charge in [0.1, 0.15) is 0 Å². The molecule has 0 unspecified atom stereocenters. The van der Waals surface area contributed by atoms with Gasteiger partial charge >= 0.3 is 0 Å². The first-order valence-electron chi connectivity index (χ1n) is 9.67. The third-order valence-electron chi connectivity index (χ3n) is 5.81. The molecule has 0 bridgehead atoms. The van der Waals surface area contributed by atoms with Crippen molar-refractivity contribution >= 4 is 0 Å². The molecule has 22 heavy (non-hydrogen) atoms. The standard InChI is InChI=1S/C14H20.C8H16/c1-12-7-9-14(10-8-12)11-13-5-3-2-4-6-13;1-7-3-5-8(2)6-4-7/h2-6,12,14H,7-11H2,1H3;7-8H,3-6H2,1-2H3. The maximum Gasteiger partial charge on any atom is -0.0250 e. The fourth-order valence-electron chi connectivity index (χ4n) is 3.91. The van der Waals surface area contributed by atoms with E-state index in [1.54, 1.807) is 0 Å². The molecule has 1 aromatic rings. The van der Waals surface area contributed by atoms with E-state index in [4.69, 9.17) is 0 Å². The van der Waals surface area contributed by atoms with Crippen LogP contribution in [0.1, 0.15) is 77.7 Å². The van der Waals surface area contributed by atoms with E-state index >= 15 is 0 Å². The summed E-state index contributed by atoms with van der Waals surface area (Å²) < 4.78 is 0. The van der Waals surface area contributed by atoms with Gasteiger partial charge in [-0.25, -0.2) is 0 Å². The monoisotopic (exact) mass is 300 g/mol. The van der Waals surface area contributed by atoms with Gasteiger partial charge in [0.15, 0.2) is 0 Å². The maximum atomic E-state index is 2.39. The Morgan fingerprint density at radius 3 is 1.50 bits per heavy atom. The molecule has 0 N–H and O–H groups in total. The summed E-state index contributed by atoms with van der Waals surface area (Å²) in [5.41, 5.74) is 1.52. The molecule has 2 saturated carbocycles. The average Bonchev–Trinajstić information content (AvgIpc) is 2.54. The summed E-state index contributed by atoms with van der Waals surface area (Å²) in [5, 5.41) is 0. The fourth-order valence-corrected chi connectivity index (χ4v) is 3.91. The lowest BCUT2D eigenvalue weighted by molar-refractivity contribution is 0.289. The zero-order valence-electron chi connectivity index (χ0n) is 15.1. The second-order valence-electron chi connectivity index (χ2n) is 8.18. The molecule has 124 valence electrons. The lowest BCUT2D eigenvalue weighted by Gasteiger charge is -2.26. The highest BCUT2D eigenvalue weighted by Gasteiger charge is 2.18. The molecule has 0 amide bonds. The Bertz CT molecular complexity index is 368. The van der Waals surface area contributed by atoms with Gasteiger partial charge < -0.3 is 0 Å². The third-order valence-corrected chi connectivity index (χ3v) is 5.81. The minimum absolute atomic E-state index is 0.952. The molecule has 0 aliphatic heterocycles. The number of benzene rings is 1. The Balaban J connectivity index is 0.000000188. The molecule has 0 radical (unpaired) electrons. The Morgan fingerprint density at radius 2 is 1.05 bits per heavy atom. The van der Waals surface area contributed by atoms with Gasteiger partial charge in [-0.1, -0.05) is 89.6 Å². The van der Waals surface area contributed by atoms with Gasteiger partial charge in [0.05, 0.1) is 0 Å². The Hall–Kier alpha value is -0.780. The van der Waals surface area contributed by atoms with Crippen LogP contribution in [0.25, 0.3) is 0 Å². The molecule has 2 aliphatic carbocycles. The van der Waals surface area contributed by atoms with Gasteiger partial charge in [0, 0.05) is 0 Å². The normalized spacial score (nSPS) is 32.0. The zero-order chi connectivity index (χ0) is 15.8. The predicted molar refractivity (Wildman–Crippen MR) is 98.1 cm³/mol. The summed E-state index contributed by atoms with van der Waals surface area (Å²) in [7, 11) is 0. The molecular formula is C22H36. The van der Waals surface area contributed by atoms with Gasteiger partial charge in [-0.15, -0.1) is 0 Å². The van der Waals surface area contributed by atoms with Crippen LogP contribution < -0.4 is 0 Å². The van der Waals surface area contributed by atoms with E-state index < -0.39 is 0 Å². The van der Waals surface area contributed by atoms with Crippen molar-refractivity contribution in [2.45, 2.75) is 78.6 Å². The molecular weight excluding hydrogens is 264 g/mol. The van der Waals surface area contributed by atoms with E-state index in [0.29, 0.717) is 0 Å². The van der Waals surface area contributed by atoms with Gasteiger partial charge in [-0.3, -0.25) is 0 Å². The maximum absolute atomic E-state index is 2.39. The summed E-state index contributed by atoms with van der Waals surface area (Å²) >= 11 is 0. The summed E-state index contributed by atoms with van der Waals surface area (Å²) in [6.45, 7) is 7.12. The minimum Gasteiger partial charge on any atom is -0.0625 e. The molecule has 2 aliphatic rings. The Morgan fingerprint density at radius 1 is 0.636 bits per heavy atom. The highest BCUT2D eigenvalue weighted by molar-refractivity contribution is 5.15. The SMILES string of the molecule is CC1CCC(C)CC1.CC1CCC(Cc2ccccc2)CC1. The van der Waals surface area contributed by atoms with E-state index in [1.165, 1.54) is 63.4 Å². The molecule has 0 nitrogen and oxygen atoms in total. The van der Waals surface area contributed by atoms with Crippen molar-refractivity contribution in [3.05, 3.63) is 35.9 Å². The summed E-state index contributed by atoms with van der Waals surface area (Å²) in [4.78, 5) is 0. The van der Waals surface area contributed by atoms with Crippen LogP contribution in [0.4, 0.5) is 0 Å². The lowest BCUT2D eigenvalue weighted by Crippen LogP contribution is -2.14. The Kier molecular flexibility index (Phi) is 7.49.